The molecule has 3 rings (SSSR count). The van der Waals surface area contributed by atoms with E-state index in [1.165, 1.54) is 18.4 Å². The van der Waals surface area contributed by atoms with Crippen LogP contribution in [-0.4, -0.2) is 32.2 Å². The zero-order valence-electron chi connectivity index (χ0n) is 14.6. The first kappa shape index (κ1) is 20.7. The maximum atomic E-state index is 12.9. The molecule has 1 saturated heterocycles. The smallest absolute Gasteiger partial charge is 0.227 e. The average molecular weight is 432 g/mol. The molecule has 1 heterocycles. The Bertz CT molecular complexity index is 567. The summed E-state index contributed by atoms with van der Waals surface area (Å²) in [5.41, 5.74) is 6.91. The highest BCUT2D eigenvalue weighted by molar-refractivity contribution is 9.10. The lowest BCUT2D eigenvalue weighted by Gasteiger charge is -2.37. The molecule has 0 unspecified atom stereocenters. The fraction of sp³-hybridized carbons (Fsp3) is 0.632. The van der Waals surface area contributed by atoms with Crippen molar-refractivity contribution < 1.29 is 9.53 Å². The molecule has 1 aliphatic carbocycles. The molecule has 0 aromatic heterocycles. The number of ether oxygens (including phenoxy) is 1. The summed E-state index contributed by atoms with van der Waals surface area (Å²) in [4.78, 5) is 12.9. The number of hydrogen-bond acceptors (Lipinski definition) is 3. The highest BCUT2D eigenvalue weighted by Gasteiger charge is 2.41. The summed E-state index contributed by atoms with van der Waals surface area (Å²) in [6, 6.07) is 8.57. The number of benzene rings is 1. The second kappa shape index (κ2) is 8.85. The van der Waals surface area contributed by atoms with E-state index < -0.39 is 5.41 Å². The van der Waals surface area contributed by atoms with Crippen molar-refractivity contribution in [1.82, 2.24) is 5.32 Å². The molecule has 0 spiro atoms. The summed E-state index contributed by atoms with van der Waals surface area (Å²) >= 11 is 3.51. The van der Waals surface area contributed by atoms with Crippen molar-refractivity contribution in [2.75, 3.05) is 26.3 Å². The molecule has 1 aromatic rings. The first-order chi connectivity index (χ1) is 11.6. The van der Waals surface area contributed by atoms with E-state index in [2.05, 4.69) is 45.5 Å². The number of amides is 1. The van der Waals surface area contributed by atoms with E-state index in [1.54, 1.807) is 0 Å². The van der Waals surface area contributed by atoms with Gasteiger partial charge < -0.3 is 15.8 Å². The second-order valence-electron chi connectivity index (χ2n) is 7.27. The molecule has 3 N–H and O–H groups in total. The summed E-state index contributed by atoms with van der Waals surface area (Å²) in [6.45, 7) is 2.36. The lowest BCUT2D eigenvalue weighted by Crippen LogP contribution is -2.51. The standard InChI is InChI=1S/C19H27BrN2O2.ClH/c20-16-5-3-15(4-6-16)19(7-1-2-8-19)14-22-17(23)18(13-21)9-11-24-12-10-18;/h3-6H,1-2,7-14,21H2,(H,22,23);1H. The first-order valence-electron chi connectivity index (χ1n) is 8.92. The Labute approximate surface area is 164 Å². The van der Waals surface area contributed by atoms with E-state index in [-0.39, 0.29) is 23.7 Å². The molecule has 0 bridgehead atoms. The maximum absolute atomic E-state index is 12.9. The summed E-state index contributed by atoms with van der Waals surface area (Å²) in [5.74, 6) is 0.108. The van der Waals surface area contributed by atoms with Crippen molar-refractivity contribution in [1.29, 1.82) is 0 Å². The summed E-state index contributed by atoms with van der Waals surface area (Å²) < 4.78 is 6.51. The minimum atomic E-state index is -0.447. The van der Waals surface area contributed by atoms with Gasteiger partial charge in [-0.3, -0.25) is 4.79 Å². The number of rotatable bonds is 5. The Hall–Kier alpha value is -0.620. The molecule has 1 amide bonds. The van der Waals surface area contributed by atoms with Crippen LogP contribution in [0.2, 0.25) is 0 Å². The average Bonchev–Trinajstić information content (AvgIpc) is 3.11. The molecule has 2 aliphatic rings. The summed E-state index contributed by atoms with van der Waals surface area (Å²) in [5, 5.41) is 3.25. The van der Waals surface area contributed by atoms with Gasteiger partial charge in [0.25, 0.3) is 0 Å². The van der Waals surface area contributed by atoms with Gasteiger partial charge in [-0.05, 0) is 43.4 Å². The molecule has 1 saturated carbocycles. The third kappa shape index (κ3) is 4.38. The Balaban J connectivity index is 0.00000225. The molecule has 2 fully saturated rings. The number of hydrogen-bond donors (Lipinski definition) is 2. The van der Waals surface area contributed by atoms with Gasteiger partial charge in [0.05, 0.1) is 5.41 Å². The molecular formula is C19H28BrClN2O2. The molecule has 6 heteroatoms. The summed E-state index contributed by atoms with van der Waals surface area (Å²) in [7, 11) is 0. The van der Waals surface area contributed by atoms with Gasteiger partial charge in [0, 0.05) is 36.2 Å². The van der Waals surface area contributed by atoms with Crippen LogP contribution < -0.4 is 11.1 Å². The van der Waals surface area contributed by atoms with Gasteiger partial charge in [-0.1, -0.05) is 40.9 Å². The van der Waals surface area contributed by atoms with Gasteiger partial charge in [0.1, 0.15) is 0 Å². The number of carbonyl (C=O) groups is 1. The van der Waals surface area contributed by atoms with Gasteiger partial charge in [-0.15, -0.1) is 12.4 Å². The van der Waals surface area contributed by atoms with Gasteiger partial charge in [-0.2, -0.15) is 0 Å². The highest BCUT2D eigenvalue weighted by Crippen LogP contribution is 2.41. The van der Waals surface area contributed by atoms with Gasteiger partial charge in [-0.25, -0.2) is 0 Å². The number of carbonyl (C=O) groups excluding carboxylic acids is 1. The van der Waals surface area contributed by atoms with Gasteiger partial charge in [0.15, 0.2) is 0 Å². The van der Waals surface area contributed by atoms with Crippen LogP contribution in [0.5, 0.6) is 0 Å². The van der Waals surface area contributed by atoms with Crippen molar-refractivity contribution >= 4 is 34.2 Å². The predicted octanol–water partition coefficient (Wildman–Crippen LogP) is 3.55. The largest absolute Gasteiger partial charge is 0.381 e. The quantitative estimate of drug-likeness (QED) is 0.749. The van der Waals surface area contributed by atoms with Crippen molar-refractivity contribution in [3.05, 3.63) is 34.3 Å². The van der Waals surface area contributed by atoms with Crippen molar-refractivity contribution in [2.45, 2.75) is 43.9 Å². The van der Waals surface area contributed by atoms with Crippen molar-refractivity contribution in [2.24, 2.45) is 11.1 Å². The number of nitrogens with two attached hydrogens (primary N) is 1. The van der Waals surface area contributed by atoms with Crippen LogP contribution in [0.4, 0.5) is 0 Å². The monoisotopic (exact) mass is 430 g/mol. The Morgan fingerprint density at radius 2 is 1.72 bits per heavy atom. The molecule has 0 radical (unpaired) electrons. The molecule has 1 aromatic carbocycles. The normalized spacial score (nSPS) is 21.4. The Morgan fingerprint density at radius 3 is 2.28 bits per heavy atom. The predicted molar refractivity (Wildman–Crippen MR) is 106 cm³/mol. The SMILES string of the molecule is Cl.NCC1(C(=O)NCC2(c3ccc(Br)cc3)CCCC2)CCOCC1. The molecule has 0 atom stereocenters. The van der Waals surface area contributed by atoms with Crippen LogP contribution in [0.3, 0.4) is 0 Å². The lowest BCUT2D eigenvalue weighted by atomic mass is 9.77. The third-order valence-electron chi connectivity index (χ3n) is 5.93. The highest BCUT2D eigenvalue weighted by atomic mass is 79.9. The summed E-state index contributed by atoms with van der Waals surface area (Å²) in [6.07, 6.45) is 6.16. The van der Waals surface area contributed by atoms with E-state index in [1.807, 2.05) is 0 Å². The molecular weight excluding hydrogens is 404 g/mol. The van der Waals surface area contributed by atoms with Gasteiger partial charge in [0.2, 0.25) is 5.91 Å². The maximum Gasteiger partial charge on any atom is 0.227 e. The molecule has 25 heavy (non-hydrogen) atoms. The van der Waals surface area contributed by atoms with E-state index in [4.69, 9.17) is 10.5 Å². The minimum Gasteiger partial charge on any atom is -0.381 e. The van der Waals surface area contributed by atoms with E-state index in [0.717, 1.165) is 30.2 Å². The minimum absolute atomic E-state index is 0. The van der Waals surface area contributed by atoms with E-state index in [0.29, 0.717) is 26.3 Å². The molecule has 1 aliphatic heterocycles. The number of halogens is 2. The fourth-order valence-corrected chi connectivity index (χ4v) is 4.41. The van der Waals surface area contributed by atoms with Crippen molar-refractivity contribution in [3.8, 4) is 0 Å². The third-order valence-corrected chi connectivity index (χ3v) is 6.46. The lowest BCUT2D eigenvalue weighted by molar-refractivity contribution is -0.136. The fourth-order valence-electron chi connectivity index (χ4n) is 4.15. The van der Waals surface area contributed by atoms with Crippen LogP contribution in [-0.2, 0) is 14.9 Å². The zero-order valence-corrected chi connectivity index (χ0v) is 17.0. The number of nitrogens with one attached hydrogen (secondary N) is 1. The van der Waals surface area contributed by atoms with Crippen LogP contribution in [0.25, 0.3) is 0 Å². The van der Waals surface area contributed by atoms with E-state index >= 15 is 0 Å². The van der Waals surface area contributed by atoms with E-state index in [9.17, 15) is 4.79 Å². The van der Waals surface area contributed by atoms with Gasteiger partial charge >= 0.3 is 0 Å². The Kier molecular flexibility index (Phi) is 7.32. The van der Waals surface area contributed by atoms with Crippen LogP contribution in [0.1, 0.15) is 44.1 Å². The van der Waals surface area contributed by atoms with Crippen LogP contribution >= 0.6 is 28.3 Å². The topological polar surface area (TPSA) is 64.4 Å². The van der Waals surface area contributed by atoms with Crippen molar-refractivity contribution in [3.63, 3.8) is 0 Å². The molecule has 140 valence electrons. The second-order valence-corrected chi connectivity index (χ2v) is 8.19. The van der Waals surface area contributed by atoms with Crippen LogP contribution in [0, 0.1) is 5.41 Å². The molecule has 4 nitrogen and oxygen atoms in total. The zero-order chi connectivity index (χ0) is 17.0. The Morgan fingerprint density at radius 1 is 1.12 bits per heavy atom. The first-order valence-corrected chi connectivity index (χ1v) is 9.72. The van der Waals surface area contributed by atoms with Crippen LogP contribution in [0.15, 0.2) is 28.7 Å².